The van der Waals surface area contributed by atoms with E-state index in [2.05, 4.69) is 9.98 Å². The third-order valence-corrected chi connectivity index (χ3v) is 4.52. The molecule has 0 aliphatic rings. The Bertz CT molecular complexity index is 903. The van der Waals surface area contributed by atoms with Gasteiger partial charge in [0.05, 0.1) is 20.8 Å². The fraction of sp³-hybridized carbons (Fsp3) is 0.0667. The van der Waals surface area contributed by atoms with Crippen molar-refractivity contribution in [3.05, 3.63) is 58.6 Å². The van der Waals surface area contributed by atoms with E-state index in [-0.39, 0.29) is 10.3 Å². The van der Waals surface area contributed by atoms with Gasteiger partial charge >= 0.3 is 6.18 Å². The number of aliphatic imine (C=N–C) groups is 1. The van der Waals surface area contributed by atoms with Crippen LogP contribution >= 0.6 is 34.5 Å². The fourth-order valence-electron chi connectivity index (χ4n) is 1.91. The molecule has 23 heavy (non-hydrogen) atoms. The Hall–Kier alpha value is -1.63. The zero-order valence-corrected chi connectivity index (χ0v) is 13.6. The molecule has 0 radical (unpaired) electrons. The molecular formula is C15H7Cl2F3N2S. The summed E-state index contributed by atoms with van der Waals surface area (Å²) in [6.45, 7) is 0. The van der Waals surface area contributed by atoms with E-state index in [1.807, 2.05) is 0 Å². The van der Waals surface area contributed by atoms with E-state index in [1.165, 1.54) is 6.07 Å². The topological polar surface area (TPSA) is 25.2 Å². The summed E-state index contributed by atoms with van der Waals surface area (Å²) < 4.78 is 38.5. The van der Waals surface area contributed by atoms with E-state index in [9.17, 15) is 13.2 Å². The van der Waals surface area contributed by atoms with Crippen molar-refractivity contribution in [2.24, 2.45) is 4.99 Å². The van der Waals surface area contributed by atoms with Crippen molar-refractivity contribution in [1.29, 1.82) is 0 Å². The van der Waals surface area contributed by atoms with Gasteiger partial charge in [0.2, 0.25) is 5.13 Å². The highest BCUT2D eigenvalue weighted by molar-refractivity contribution is 7.22. The Labute approximate surface area is 143 Å². The SMILES string of the molecule is FC(F)(F)c1ccc2nc(N=C(Cl)c3ccccc3Cl)sc2c1. The van der Waals surface area contributed by atoms with Crippen LogP contribution in [0.25, 0.3) is 10.2 Å². The summed E-state index contributed by atoms with van der Waals surface area (Å²) in [6, 6.07) is 10.2. The lowest BCUT2D eigenvalue weighted by molar-refractivity contribution is -0.137. The van der Waals surface area contributed by atoms with Crippen molar-refractivity contribution in [2.75, 3.05) is 0 Å². The van der Waals surface area contributed by atoms with Crippen LogP contribution in [-0.2, 0) is 6.18 Å². The van der Waals surface area contributed by atoms with Gasteiger partial charge in [-0.1, -0.05) is 52.7 Å². The molecule has 1 heterocycles. The van der Waals surface area contributed by atoms with Crippen LogP contribution in [-0.4, -0.2) is 10.2 Å². The molecule has 0 atom stereocenters. The van der Waals surface area contributed by atoms with E-state index in [0.29, 0.717) is 20.8 Å². The number of hydrogen-bond acceptors (Lipinski definition) is 3. The monoisotopic (exact) mass is 374 g/mol. The Morgan fingerprint density at radius 2 is 1.87 bits per heavy atom. The van der Waals surface area contributed by atoms with Gasteiger partial charge in [0.25, 0.3) is 0 Å². The molecule has 3 rings (SSSR count). The minimum absolute atomic E-state index is 0.130. The van der Waals surface area contributed by atoms with Crippen LogP contribution in [0.2, 0.25) is 5.02 Å². The van der Waals surface area contributed by atoms with Crippen molar-refractivity contribution >= 4 is 55.1 Å². The summed E-state index contributed by atoms with van der Waals surface area (Å²) >= 11 is 13.2. The predicted molar refractivity (Wildman–Crippen MR) is 88.1 cm³/mol. The van der Waals surface area contributed by atoms with Gasteiger partial charge in [-0.15, -0.1) is 0 Å². The first-order valence-electron chi connectivity index (χ1n) is 6.31. The third-order valence-electron chi connectivity index (χ3n) is 2.99. The van der Waals surface area contributed by atoms with Crippen LogP contribution in [0.5, 0.6) is 0 Å². The first-order chi connectivity index (χ1) is 10.8. The highest BCUT2D eigenvalue weighted by atomic mass is 35.5. The summed E-state index contributed by atoms with van der Waals surface area (Å²) in [6.07, 6.45) is -4.39. The molecule has 0 aliphatic heterocycles. The van der Waals surface area contributed by atoms with E-state index < -0.39 is 11.7 Å². The summed E-state index contributed by atoms with van der Waals surface area (Å²) in [5, 5.41) is 0.830. The first kappa shape index (κ1) is 16.2. The molecule has 0 fully saturated rings. The summed E-state index contributed by atoms with van der Waals surface area (Å²) in [4.78, 5) is 8.31. The molecule has 2 aromatic carbocycles. The van der Waals surface area contributed by atoms with E-state index in [4.69, 9.17) is 23.2 Å². The van der Waals surface area contributed by atoms with Crippen molar-refractivity contribution in [2.45, 2.75) is 6.18 Å². The lowest BCUT2D eigenvalue weighted by Crippen LogP contribution is -2.03. The van der Waals surface area contributed by atoms with Crippen LogP contribution in [0.15, 0.2) is 47.5 Å². The smallest absolute Gasteiger partial charge is 0.218 e. The van der Waals surface area contributed by atoms with Crippen LogP contribution in [0, 0.1) is 0 Å². The number of benzene rings is 2. The number of aromatic nitrogens is 1. The number of alkyl halides is 3. The van der Waals surface area contributed by atoms with Gasteiger partial charge in [-0.2, -0.15) is 13.2 Å². The summed E-state index contributed by atoms with van der Waals surface area (Å²) in [5.74, 6) is 0. The average Bonchev–Trinajstić information content (AvgIpc) is 2.87. The Morgan fingerprint density at radius 1 is 1.13 bits per heavy atom. The second kappa shape index (κ2) is 6.11. The van der Waals surface area contributed by atoms with E-state index in [0.717, 1.165) is 23.5 Å². The lowest BCUT2D eigenvalue weighted by atomic mass is 10.2. The van der Waals surface area contributed by atoms with Gasteiger partial charge in [0.1, 0.15) is 5.17 Å². The minimum atomic E-state index is -4.39. The maximum Gasteiger partial charge on any atom is 0.416 e. The van der Waals surface area contributed by atoms with E-state index in [1.54, 1.807) is 24.3 Å². The van der Waals surface area contributed by atoms with Crippen molar-refractivity contribution < 1.29 is 13.2 Å². The number of fused-ring (bicyclic) bond motifs is 1. The summed E-state index contributed by atoms with van der Waals surface area (Å²) in [5.41, 5.74) is 0.248. The number of hydrogen-bond donors (Lipinski definition) is 0. The fourth-order valence-corrected chi connectivity index (χ4v) is 3.36. The van der Waals surface area contributed by atoms with Crippen LogP contribution in [0.1, 0.15) is 11.1 Å². The molecule has 0 unspecified atom stereocenters. The maximum atomic E-state index is 12.7. The molecule has 0 amide bonds. The molecule has 2 nitrogen and oxygen atoms in total. The molecule has 8 heteroatoms. The second-order valence-electron chi connectivity index (χ2n) is 4.56. The largest absolute Gasteiger partial charge is 0.416 e. The quantitative estimate of drug-likeness (QED) is 0.484. The number of rotatable bonds is 2. The molecule has 118 valence electrons. The molecule has 3 aromatic rings. The number of nitrogens with zero attached hydrogens (tertiary/aromatic N) is 2. The molecule has 1 aromatic heterocycles. The standard InChI is InChI=1S/C15H7Cl2F3N2S/c16-10-4-2-1-3-9(10)13(17)22-14-21-11-6-5-8(15(18,19)20)7-12(11)23-14/h1-7H. The Kier molecular flexibility index (Phi) is 4.31. The van der Waals surface area contributed by atoms with Crippen molar-refractivity contribution in [3.63, 3.8) is 0 Å². The van der Waals surface area contributed by atoms with Gasteiger partial charge in [0, 0.05) is 5.56 Å². The normalized spacial score (nSPS) is 12.8. The second-order valence-corrected chi connectivity index (χ2v) is 6.33. The van der Waals surface area contributed by atoms with E-state index >= 15 is 0 Å². The molecule has 0 bridgehead atoms. The molecular weight excluding hydrogens is 368 g/mol. The predicted octanol–water partition coefficient (Wildman–Crippen LogP) is 6.29. The lowest BCUT2D eigenvalue weighted by Gasteiger charge is -2.04. The number of halogens is 5. The van der Waals surface area contributed by atoms with Crippen LogP contribution in [0.4, 0.5) is 18.3 Å². The molecule has 0 spiro atoms. The molecule has 0 aliphatic carbocycles. The zero-order valence-electron chi connectivity index (χ0n) is 11.2. The number of thiazole rings is 1. The van der Waals surface area contributed by atoms with Gasteiger partial charge in [-0.25, -0.2) is 9.98 Å². The molecule has 0 N–H and O–H groups in total. The van der Waals surface area contributed by atoms with Crippen molar-refractivity contribution in [1.82, 2.24) is 4.98 Å². The zero-order chi connectivity index (χ0) is 16.6. The highest BCUT2D eigenvalue weighted by Crippen LogP contribution is 2.35. The van der Waals surface area contributed by atoms with Crippen LogP contribution in [0.3, 0.4) is 0 Å². The van der Waals surface area contributed by atoms with Gasteiger partial charge in [-0.3, -0.25) is 0 Å². The average molecular weight is 375 g/mol. The summed E-state index contributed by atoms with van der Waals surface area (Å²) in [7, 11) is 0. The molecule has 0 saturated heterocycles. The van der Waals surface area contributed by atoms with Gasteiger partial charge < -0.3 is 0 Å². The van der Waals surface area contributed by atoms with Gasteiger partial charge in [0.15, 0.2) is 0 Å². The first-order valence-corrected chi connectivity index (χ1v) is 7.89. The highest BCUT2D eigenvalue weighted by Gasteiger charge is 2.30. The van der Waals surface area contributed by atoms with Crippen molar-refractivity contribution in [3.8, 4) is 0 Å². The molecule has 0 saturated carbocycles. The van der Waals surface area contributed by atoms with Gasteiger partial charge in [-0.05, 0) is 24.3 Å². The third kappa shape index (κ3) is 3.49. The Balaban J connectivity index is 2.01. The van der Waals surface area contributed by atoms with Crippen LogP contribution < -0.4 is 0 Å². The minimum Gasteiger partial charge on any atom is -0.218 e. The maximum absolute atomic E-state index is 12.7. The Morgan fingerprint density at radius 3 is 2.57 bits per heavy atom.